The van der Waals surface area contributed by atoms with Crippen LogP contribution >= 0.6 is 24.0 Å². The molecule has 1 aromatic carbocycles. The van der Waals surface area contributed by atoms with Gasteiger partial charge in [-0.3, -0.25) is 4.79 Å². The van der Waals surface area contributed by atoms with Crippen LogP contribution in [0.3, 0.4) is 0 Å². The predicted octanol–water partition coefficient (Wildman–Crippen LogP) is 2.63. The lowest BCUT2D eigenvalue weighted by Crippen LogP contribution is -1.87. The average Bonchev–Trinajstić information content (AvgIpc) is 1.88. The molecule has 0 bridgehead atoms. The molecule has 0 aromatic heterocycles. The van der Waals surface area contributed by atoms with E-state index in [9.17, 15) is 9.18 Å². The molecule has 11 heavy (non-hydrogen) atoms. The van der Waals surface area contributed by atoms with Crippen molar-refractivity contribution in [2.45, 2.75) is 0 Å². The molecule has 0 aliphatic carbocycles. The highest BCUT2D eigenvalue weighted by Gasteiger charge is 2.00. The molecule has 0 saturated heterocycles. The van der Waals surface area contributed by atoms with Crippen LogP contribution in [-0.2, 0) is 0 Å². The summed E-state index contributed by atoms with van der Waals surface area (Å²) in [7, 11) is 0. The summed E-state index contributed by atoms with van der Waals surface area (Å²) < 4.78 is 12.3. The Kier molecular flexibility index (Phi) is 4.08. The van der Waals surface area contributed by atoms with Crippen LogP contribution in [0, 0.1) is 5.82 Å². The topological polar surface area (TPSA) is 17.1 Å². The summed E-state index contributed by atoms with van der Waals surface area (Å²) in [5, 5.41) is -0.639. The maximum absolute atomic E-state index is 12.3. The number of carbonyl (C=O) groups excluding carboxylic acids is 1. The van der Waals surface area contributed by atoms with Crippen molar-refractivity contribution >= 4 is 29.3 Å². The zero-order valence-corrected chi connectivity index (χ0v) is 6.95. The van der Waals surface area contributed by atoms with Crippen molar-refractivity contribution in [1.29, 1.82) is 0 Å². The Bertz CT molecular complexity index is 262. The largest absolute Gasteiger partial charge is 0.276 e. The first-order chi connectivity index (χ1) is 4.70. The third-order valence-electron chi connectivity index (χ3n) is 1.05. The minimum absolute atomic E-state index is 0. The Morgan fingerprint density at radius 1 is 1.45 bits per heavy atom. The van der Waals surface area contributed by atoms with Crippen molar-refractivity contribution in [3.8, 4) is 0 Å². The second-order valence-corrected chi connectivity index (χ2v) is 2.13. The third kappa shape index (κ3) is 2.87. The normalized spacial score (nSPS) is 8.55. The molecule has 0 atom stereocenters. The number of hydrogen-bond acceptors (Lipinski definition) is 1. The minimum atomic E-state index is -0.639. The molecule has 0 aliphatic heterocycles. The Morgan fingerprint density at radius 3 is 2.45 bits per heavy atom. The molecule has 0 aliphatic rings. The van der Waals surface area contributed by atoms with Gasteiger partial charge >= 0.3 is 0 Å². The van der Waals surface area contributed by atoms with Crippen LogP contribution in [0.15, 0.2) is 24.3 Å². The van der Waals surface area contributed by atoms with Gasteiger partial charge in [-0.25, -0.2) is 4.39 Å². The molecular weight excluding hydrogens is 190 g/mol. The molecule has 0 fully saturated rings. The molecule has 4 heteroatoms. The van der Waals surface area contributed by atoms with Gasteiger partial charge in [0.25, 0.3) is 5.24 Å². The van der Waals surface area contributed by atoms with Gasteiger partial charge in [-0.1, -0.05) is 6.07 Å². The van der Waals surface area contributed by atoms with E-state index < -0.39 is 11.1 Å². The average molecular weight is 195 g/mol. The molecule has 0 spiro atoms. The number of rotatable bonds is 1. The van der Waals surface area contributed by atoms with Gasteiger partial charge in [0.05, 0.1) is 0 Å². The number of benzene rings is 1. The van der Waals surface area contributed by atoms with Crippen LogP contribution in [0.5, 0.6) is 0 Å². The second-order valence-electron chi connectivity index (χ2n) is 1.78. The lowest BCUT2D eigenvalue weighted by molar-refractivity contribution is 0.108. The quantitative estimate of drug-likeness (QED) is 0.629. The molecule has 1 rings (SSSR count). The smallest absolute Gasteiger partial charge is 0.252 e. The van der Waals surface area contributed by atoms with Crippen molar-refractivity contribution in [1.82, 2.24) is 0 Å². The molecular formula is C7H5Cl2FO. The first-order valence-electron chi connectivity index (χ1n) is 2.65. The highest BCUT2D eigenvalue weighted by atomic mass is 35.5. The first kappa shape index (κ1) is 10.4. The Morgan fingerprint density at radius 2 is 2.09 bits per heavy atom. The van der Waals surface area contributed by atoms with E-state index in [2.05, 4.69) is 0 Å². The van der Waals surface area contributed by atoms with E-state index in [1.54, 1.807) is 0 Å². The lowest BCUT2D eigenvalue weighted by atomic mass is 10.2. The second kappa shape index (κ2) is 4.31. The predicted molar refractivity (Wildman–Crippen MR) is 43.8 cm³/mol. The van der Waals surface area contributed by atoms with E-state index in [4.69, 9.17) is 11.6 Å². The van der Waals surface area contributed by atoms with Gasteiger partial charge in [0.1, 0.15) is 5.82 Å². The fourth-order valence-corrected chi connectivity index (χ4v) is 0.728. The standard InChI is InChI=1S/C7H4ClFO.ClH/c8-7(10)5-2-1-3-6(9)4-5;/h1-4H;1H. The van der Waals surface area contributed by atoms with Gasteiger partial charge in [0.15, 0.2) is 0 Å². The molecule has 1 aromatic rings. The summed E-state index contributed by atoms with van der Waals surface area (Å²) >= 11 is 5.07. The molecule has 0 saturated carbocycles. The van der Waals surface area contributed by atoms with Crippen LogP contribution in [0.2, 0.25) is 0 Å². The van der Waals surface area contributed by atoms with Gasteiger partial charge in [-0.05, 0) is 29.8 Å². The van der Waals surface area contributed by atoms with Crippen LogP contribution in [-0.4, -0.2) is 5.24 Å². The zero-order valence-electron chi connectivity index (χ0n) is 5.38. The van der Waals surface area contributed by atoms with E-state index in [0.29, 0.717) is 0 Å². The Balaban J connectivity index is 0.000001000. The summed E-state index contributed by atoms with van der Waals surface area (Å²) in [6.45, 7) is 0. The Hall–Kier alpha value is -0.600. The van der Waals surface area contributed by atoms with E-state index >= 15 is 0 Å². The van der Waals surface area contributed by atoms with Crippen molar-refractivity contribution in [3.05, 3.63) is 35.6 Å². The SMILES string of the molecule is Cl.O=C(Cl)c1cccc(F)c1. The van der Waals surface area contributed by atoms with Crippen molar-refractivity contribution in [3.63, 3.8) is 0 Å². The third-order valence-corrected chi connectivity index (χ3v) is 1.27. The van der Waals surface area contributed by atoms with Crippen LogP contribution < -0.4 is 0 Å². The van der Waals surface area contributed by atoms with Crippen molar-refractivity contribution < 1.29 is 9.18 Å². The molecule has 60 valence electrons. The maximum atomic E-state index is 12.3. The summed E-state index contributed by atoms with van der Waals surface area (Å²) in [6.07, 6.45) is 0. The summed E-state index contributed by atoms with van der Waals surface area (Å²) in [5.74, 6) is -0.452. The van der Waals surface area contributed by atoms with E-state index in [0.717, 1.165) is 6.07 Å². The molecule has 0 amide bonds. The van der Waals surface area contributed by atoms with E-state index in [1.807, 2.05) is 0 Å². The monoisotopic (exact) mass is 194 g/mol. The lowest BCUT2D eigenvalue weighted by Gasteiger charge is -1.90. The van der Waals surface area contributed by atoms with Gasteiger partial charge in [-0.15, -0.1) is 12.4 Å². The number of hydrogen-bond donors (Lipinski definition) is 0. The van der Waals surface area contributed by atoms with E-state index in [1.165, 1.54) is 18.2 Å². The number of halogens is 3. The van der Waals surface area contributed by atoms with E-state index in [-0.39, 0.29) is 18.0 Å². The summed E-state index contributed by atoms with van der Waals surface area (Å²) in [4.78, 5) is 10.4. The van der Waals surface area contributed by atoms with Gasteiger partial charge in [0, 0.05) is 5.56 Å². The summed E-state index contributed by atoms with van der Waals surface area (Å²) in [5.41, 5.74) is 0.182. The van der Waals surface area contributed by atoms with Crippen LogP contribution in [0.1, 0.15) is 10.4 Å². The fourth-order valence-electron chi connectivity index (χ4n) is 0.611. The fraction of sp³-hybridized carbons (Fsp3) is 0. The summed E-state index contributed by atoms with van der Waals surface area (Å²) in [6, 6.07) is 5.24. The highest BCUT2D eigenvalue weighted by Crippen LogP contribution is 2.05. The zero-order chi connectivity index (χ0) is 7.56. The number of carbonyl (C=O) groups is 1. The van der Waals surface area contributed by atoms with Crippen LogP contribution in [0.25, 0.3) is 0 Å². The minimum Gasteiger partial charge on any atom is -0.276 e. The molecule has 1 nitrogen and oxygen atoms in total. The molecule has 0 N–H and O–H groups in total. The maximum Gasteiger partial charge on any atom is 0.252 e. The van der Waals surface area contributed by atoms with Crippen molar-refractivity contribution in [2.24, 2.45) is 0 Å². The highest BCUT2D eigenvalue weighted by molar-refractivity contribution is 6.67. The molecule has 0 unspecified atom stereocenters. The van der Waals surface area contributed by atoms with Crippen LogP contribution in [0.4, 0.5) is 4.39 Å². The Labute approximate surface area is 74.6 Å². The molecule has 0 radical (unpaired) electrons. The van der Waals surface area contributed by atoms with Gasteiger partial charge in [0.2, 0.25) is 0 Å². The van der Waals surface area contributed by atoms with Gasteiger partial charge in [-0.2, -0.15) is 0 Å². The van der Waals surface area contributed by atoms with Gasteiger partial charge < -0.3 is 0 Å². The van der Waals surface area contributed by atoms with Crippen molar-refractivity contribution in [2.75, 3.05) is 0 Å². The molecule has 0 heterocycles. The first-order valence-corrected chi connectivity index (χ1v) is 3.03.